The Morgan fingerprint density at radius 1 is 1.40 bits per heavy atom. The first-order valence-corrected chi connectivity index (χ1v) is 4.47. The average molecular weight is 202 g/mol. The van der Waals surface area contributed by atoms with Crippen LogP contribution in [0.1, 0.15) is 5.56 Å². The number of H-pyrrole nitrogens is 1. The largest absolute Gasteiger partial charge is 0.508 e. The van der Waals surface area contributed by atoms with E-state index < -0.39 is 0 Å². The number of aromatic hydroxyl groups is 1. The molecule has 15 heavy (non-hydrogen) atoms. The van der Waals surface area contributed by atoms with Crippen molar-refractivity contribution in [3.05, 3.63) is 36.2 Å². The van der Waals surface area contributed by atoms with Gasteiger partial charge >= 0.3 is 0 Å². The van der Waals surface area contributed by atoms with E-state index in [2.05, 4.69) is 10.3 Å². The Kier molecular flexibility index (Phi) is 2.41. The van der Waals surface area contributed by atoms with Gasteiger partial charge in [0.15, 0.2) is 0 Å². The Labute approximate surface area is 86.2 Å². The van der Waals surface area contributed by atoms with Gasteiger partial charge in [-0.1, -0.05) is 0 Å². The zero-order chi connectivity index (χ0) is 10.7. The van der Waals surface area contributed by atoms with Crippen LogP contribution in [0.2, 0.25) is 0 Å². The van der Waals surface area contributed by atoms with Crippen LogP contribution in [-0.2, 0) is 4.79 Å². The number of aromatic nitrogens is 1. The third-order valence-corrected chi connectivity index (χ3v) is 2.12. The van der Waals surface area contributed by atoms with E-state index in [0.29, 0.717) is 6.41 Å². The molecule has 0 saturated heterocycles. The third kappa shape index (κ3) is 1.83. The van der Waals surface area contributed by atoms with Gasteiger partial charge in [0.05, 0.1) is 0 Å². The zero-order valence-corrected chi connectivity index (χ0v) is 7.90. The second-order valence-electron chi connectivity index (χ2n) is 3.09. The second-order valence-corrected chi connectivity index (χ2v) is 3.09. The molecule has 0 atom stereocenters. The Balaban J connectivity index is 2.40. The monoisotopic (exact) mass is 202 g/mol. The van der Waals surface area contributed by atoms with Crippen LogP contribution in [-0.4, -0.2) is 16.5 Å². The fraction of sp³-hybridized carbons (Fsp3) is 0. The molecule has 0 unspecified atom stereocenters. The van der Waals surface area contributed by atoms with Crippen LogP contribution in [0.25, 0.3) is 17.0 Å². The molecule has 0 spiro atoms. The molecule has 2 rings (SSSR count). The highest BCUT2D eigenvalue weighted by Gasteiger charge is 2.00. The highest BCUT2D eigenvalue weighted by atomic mass is 16.3. The first-order chi connectivity index (χ1) is 7.31. The highest BCUT2D eigenvalue weighted by Crippen LogP contribution is 2.23. The Bertz CT molecular complexity index is 514. The molecule has 2 aromatic rings. The van der Waals surface area contributed by atoms with Gasteiger partial charge in [0.25, 0.3) is 0 Å². The van der Waals surface area contributed by atoms with Crippen LogP contribution in [0.4, 0.5) is 0 Å². The standard InChI is InChI=1S/C11H10N2O2/c14-7-12-4-3-8-6-13-11-5-9(15)1-2-10(8)11/h1-7,13,15H,(H,12,14). The first-order valence-electron chi connectivity index (χ1n) is 4.47. The Morgan fingerprint density at radius 3 is 3.07 bits per heavy atom. The van der Waals surface area contributed by atoms with Crippen molar-refractivity contribution in [3.8, 4) is 5.75 Å². The fourth-order valence-corrected chi connectivity index (χ4v) is 1.45. The van der Waals surface area contributed by atoms with E-state index in [1.807, 2.05) is 12.3 Å². The lowest BCUT2D eigenvalue weighted by atomic mass is 10.1. The van der Waals surface area contributed by atoms with E-state index in [1.165, 1.54) is 0 Å². The Hall–Kier alpha value is -2.23. The van der Waals surface area contributed by atoms with Gasteiger partial charge in [0.2, 0.25) is 6.41 Å². The summed E-state index contributed by atoms with van der Waals surface area (Å²) in [6, 6.07) is 5.10. The van der Waals surface area contributed by atoms with Crippen molar-refractivity contribution >= 4 is 23.4 Å². The van der Waals surface area contributed by atoms with Gasteiger partial charge in [-0.15, -0.1) is 0 Å². The van der Waals surface area contributed by atoms with Crippen molar-refractivity contribution in [2.24, 2.45) is 0 Å². The van der Waals surface area contributed by atoms with Crippen LogP contribution in [0.5, 0.6) is 5.75 Å². The number of carbonyl (C=O) groups is 1. The van der Waals surface area contributed by atoms with Crippen molar-refractivity contribution in [3.63, 3.8) is 0 Å². The van der Waals surface area contributed by atoms with Crippen molar-refractivity contribution < 1.29 is 9.90 Å². The minimum Gasteiger partial charge on any atom is -0.508 e. The number of carbonyl (C=O) groups excluding carboxylic acids is 1. The molecule has 4 heteroatoms. The van der Waals surface area contributed by atoms with Gasteiger partial charge in [-0.05, 0) is 18.2 Å². The topological polar surface area (TPSA) is 65.1 Å². The van der Waals surface area contributed by atoms with E-state index in [4.69, 9.17) is 0 Å². The fourth-order valence-electron chi connectivity index (χ4n) is 1.45. The number of phenols is 1. The summed E-state index contributed by atoms with van der Waals surface area (Å²) >= 11 is 0. The minimum atomic E-state index is 0.228. The molecule has 76 valence electrons. The number of aromatic amines is 1. The quantitative estimate of drug-likeness (QED) is 0.662. The molecule has 0 aliphatic carbocycles. The number of benzene rings is 1. The van der Waals surface area contributed by atoms with E-state index in [9.17, 15) is 9.90 Å². The minimum absolute atomic E-state index is 0.228. The molecule has 1 heterocycles. The SMILES string of the molecule is O=CNC=Cc1c[nH]c2cc(O)ccc12. The third-order valence-electron chi connectivity index (χ3n) is 2.12. The van der Waals surface area contributed by atoms with Gasteiger partial charge in [-0.2, -0.15) is 0 Å². The molecule has 0 fully saturated rings. The molecule has 1 aromatic carbocycles. The van der Waals surface area contributed by atoms with Gasteiger partial charge < -0.3 is 15.4 Å². The number of phenolic OH excluding ortho intramolecular Hbond substituents is 1. The van der Waals surface area contributed by atoms with E-state index >= 15 is 0 Å². The number of amides is 1. The van der Waals surface area contributed by atoms with E-state index in [0.717, 1.165) is 16.5 Å². The lowest BCUT2D eigenvalue weighted by molar-refractivity contribution is -0.108. The molecule has 3 N–H and O–H groups in total. The van der Waals surface area contributed by atoms with Crippen molar-refractivity contribution in [1.82, 2.24) is 10.3 Å². The number of rotatable bonds is 3. The number of nitrogens with one attached hydrogen (secondary N) is 2. The van der Waals surface area contributed by atoms with Gasteiger partial charge in [0.1, 0.15) is 5.75 Å². The second kappa shape index (κ2) is 3.88. The number of hydrogen-bond acceptors (Lipinski definition) is 2. The van der Waals surface area contributed by atoms with E-state index in [-0.39, 0.29) is 5.75 Å². The summed E-state index contributed by atoms with van der Waals surface area (Å²) in [5.41, 5.74) is 1.82. The van der Waals surface area contributed by atoms with E-state index in [1.54, 1.807) is 24.4 Å². The van der Waals surface area contributed by atoms with Gasteiger partial charge in [0, 0.05) is 34.9 Å². The molecular formula is C11H10N2O2. The molecule has 4 nitrogen and oxygen atoms in total. The number of fused-ring (bicyclic) bond motifs is 1. The van der Waals surface area contributed by atoms with Crippen LogP contribution >= 0.6 is 0 Å². The predicted molar refractivity (Wildman–Crippen MR) is 58.2 cm³/mol. The first kappa shape index (κ1) is 9.33. The van der Waals surface area contributed by atoms with Gasteiger partial charge in [-0.25, -0.2) is 0 Å². The maximum absolute atomic E-state index is 10.0. The normalized spacial score (nSPS) is 10.9. The van der Waals surface area contributed by atoms with Crippen LogP contribution < -0.4 is 5.32 Å². The molecule has 0 bridgehead atoms. The maximum Gasteiger partial charge on any atom is 0.211 e. The van der Waals surface area contributed by atoms with Crippen molar-refractivity contribution in [2.45, 2.75) is 0 Å². The smallest absolute Gasteiger partial charge is 0.211 e. The molecule has 1 amide bonds. The Morgan fingerprint density at radius 2 is 2.27 bits per heavy atom. The van der Waals surface area contributed by atoms with Crippen LogP contribution in [0.15, 0.2) is 30.6 Å². The lowest BCUT2D eigenvalue weighted by Crippen LogP contribution is -1.97. The van der Waals surface area contributed by atoms with Crippen LogP contribution in [0, 0.1) is 0 Å². The van der Waals surface area contributed by atoms with Gasteiger partial charge in [-0.3, -0.25) is 4.79 Å². The summed E-state index contributed by atoms with van der Waals surface area (Å²) in [6.45, 7) is 0. The molecule has 0 saturated carbocycles. The van der Waals surface area contributed by atoms with Crippen molar-refractivity contribution in [2.75, 3.05) is 0 Å². The summed E-state index contributed by atoms with van der Waals surface area (Å²) in [4.78, 5) is 13.1. The highest BCUT2D eigenvalue weighted by molar-refractivity contribution is 5.89. The molecular weight excluding hydrogens is 192 g/mol. The summed E-state index contributed by atoms with van der Waals surface area (Å²) in [7, 11) is 0. The molecule has 0 aliphatic heterocycles. The summed E-state index contributed by atoms with van der Waals surface area (Å²) in [5.74, 6) is 0.228. The predicted octanol–water partition coefficient (Wildman–Crippen LogP) is 1.59. The summed E-state index contributed by atoms with van der Waals surface area (Å²) in [6.07, 6.45) is 5.76. The lowest BCUT2D eigenvalue weighted by Gasteiger charge is -1.93. The molecule has 0 aliphatic rings. The summed E-state index contributed by atoms with van der Waals surface area (Å²) < 4.78 is 0. The van der Waals surface area contributed by atoms with Crippen molar-refractivity contribution in [1.29, 1.82) is 0 Å². The van der Waals surface area contributed by atoms with Crippen LogP contribution in [0.3, 0.4) is 0 Å². The summed E-state index contributed by atoms with van der Waals surface area (Å²) in [5, 5.41) is 12.7. The molecule has 1 aromatic heterocycles. The zero-order valence-electron chi connectivity index (χ0n) is 7.90. The number of hydrogen-bond donors (Lipinski definition) is 3. The molecule has 0 radical (unpaired) electrons. The average Bonchev–Trinajstić information content (AvgIpc) is 2.61. The maximum atomic E-state index is 10.0.